The molecule has 1 aliphatic rings. The van der Waals surface area contributed by atoms with Crippen LogP contribution in [0.5, 0.6) is 0 Å². The summed E-state index contributed by atoms with van der Waals surface area (Å²) in [5, 5.41) is 11.2. The van der Waals surface area contributed by atoms with E-state index in [0.29, 0.717) is 0 Å². The van der Waals surface area contributed by atoms with Crippen molar-refractivity contribution in [1.29, 1.82) is 0 Å². The molecule has 0 saturated carbocycles. The minimum Gasteiger partial charge on any atom is -0.369 e. The van der Waals surface area contributed by atoms with E-state index in [2.05, 4.69) is 16.7 Å². The van der Waals surface area contributed by atoms with Gasteiger partial charge >= 0.3 is 0 Å². The molecular weight excluding hydrogens is 294 g/mol. The van der Waals surface area contributed by atoms with Crippen LogP contribution >= 0.6 is 12.4 Å². The van der Waals surface area contributed by atoms with Crippen molar-refractivity contribution in [3.8, 4) is 23.0 Å². The van der Waals surface area contributed by atoms with Crippen molar-refractivity contribution < 1.29 is 5.11 Å². The van der Waals surface area contributed by atoms with Crippen LogP contribution in [-0.4, -0.2) is 30.6 Å². The van der Waals surface area contributed by atoms with Gasteiger partial charge in [-0.25, -0.2) is 0 Å². The smallest absolute Gasteiger partial charge is 0.178 e. The highest BCUT2D eigenvalue weighted by atomic mass is 35.5. The Bertz CT molecular complexity index is 682. The van der Waals surface area contributed by atoms with Crippen molar-refractivity contribution in [3.63, 3.8) is 0 Å². The lowest BCUT2D eigenvalue weighted by Gasteiger charge is -2.19. The van der Waals surface area contributed by atoms with Crippen LogP contribution in [0.4, 0.5) is 0 Å². The standard InChI is InChI=1S/C19H19NO.ClH/c1-20(2)14-8-7-13-19(21)17-11-5-3-9-15(17)16-10-4-6-12-18(16)19;/h3-6,9-12,21H,8,14H2,1-2H3;1H. The molecule has 0 atom stereocenters. The maximum absolute atomic E-state index is 11.2. The molecule has 0 aromatic heterocycles. The van der Waals surface area contributed by atoms with Gasteiger partial charge in [0.2, 0.25) is 0 Å². The summed E-state index contributed by atoms with van der Waals surface area (Å²) in [7, 11) is 4.05. The fraction of sp³-hybridized carbons (Fsp3) is 0.263. The monoisotopic (exact) mass is 313 g/mol. The molecule has 2 aromatic carbocycles. The highest BCUT2D eigenvalue weighted by Crippen LogP contribution is 2.46. The van der Waals surface area contributed by atoms with E-state index in [-0.39, 0.29) is 12.4 Å². The third-order valence-electron chi connectivity index (χ3n) is 3.88. The van der Waals surface area contributed by atoms with E-state index in [4.69, 9.17) is 0 Å². The topological polar surface area (TPSA) is 23.5 Å². The van der Waals surface area contributed by atoms with Gasteiger partial charge in [-0.1, -0.05) is 60.4 Å². The molecule has 0 unspecified atom stereocenters. The summed E-state index contributed by atoms with van der Waals surface area (Å²) >= 11 is 0. The summed E-state index contributed by atoms with van der Waals surface area (Å²) in [6.45, 7) is 0.895. The van der Waals surface area contributed by atoms with E-state index in [1.165, 1.54) is 0 Å². The van der Waals surface area contributed by atoms with Crippen LogP contribution in [0, 0.1) is 11.8 Å². The van der Waals surface area contributed by atoms with Crippen LogP contribution in [0.25, 0.3) is 11.1 Å². The number of benzene rings is 2. The molecule has 114 valence electrons. The van der Waals surface area contributed by atoms with Gasteiger partial charge in [0.1, 0.15) is 0 Å². The zero-order valence-corrected chi connectivity index (χ0v) is 13.7. The zero-order valence-electron chi connectivity index (χ0n) is 12.8. The Morgan fingerprint density at radius 2 is 1.45 bits per heavy atom. The number of nitrogens with zero attached hydrogens (tertiary/aromatic N) is 1. The second-order valence-electron chi connectivity index (χ2n) is 5.66. The van der Waals surface area contributed by atoms with Crippen LogP contribution < -0.4 is 0 Å². The maximum atomic E-state index is 11.2. The van der Waals surface area contributed by atoms with Gasteiger partial charge in [0.05, 0.1) is 0 Å². The van der Waals surface area contributed by atoms with Crippen molar-refractivity contribution in [2.75, 3.05) is 20.6 Å². The van der Waals surface area contributed by atoms with E-state index >= 15 is 0 Å². The number of hydrogen-bond acceptors (Lipinski definition) is 2. The summed E-state index contributed by atoms with van der Waals surface area (Å²) in [5.74, 6) is 6.24. The molecule has 0 fully saturated rings. The van der Waals surface area contributed by atoms with Gasteiger partial charge in [0, 0.05) is 24.1 Å². The molecule has 0 aliphatic heterocycles. The minimum atomic E-state index is -1.18. The van der Waals surface area contributed by atoms with Crippen LogP contribution in [-0.2, 0) is 5.60 Å². The number of halogens is 1. The third-order valence-corrected chi connectivity index (χ3v) is 3.88. The van der Waals surface area contributed by atoms with Crippen molar-refractivity contribution in [2.24, 2.45) is 0 Å². The Morgan fingerprint density at radius 3 is 1.95 bits per heavy atom. The Labute approximate surface area is 138 Å². The van der Waals surface area contributed by atoms with E-state index in [1.54, 1.807) is 0 Å². The molecule has 1 N–H and O–H groups in total. The van der Waals surface area contributed by atoms with Gasteiger partial charge in [-0.3, -0.25) is 0 Å². The average molecular weight is 314 g/mol. The number of hydrogen-bond donors (Lipinski definition) is 1. The van der Waals surface area contributed by atoms with Gasteiger partial charge < -0.3 is 10.0 Å². The van der Waals surface area contributed by atoms with Crippen molar-refractivity contribution >= 4 is 12.4 Å². The first-order chi connectivity index (χ1) is 10.1. The Hall–Kier alpha value is -1.79. The van der Waals surface area contributed by atoms with E-state index in [1.807, 2.05) is 62.6 Å². The van der Waals surface area contributed by atoms with Gasteiger partial charge in [-0.15, -0.1) is 12.4 Å². The minimum absolute atomic E-state index is 0. The van der Waals surface area contributed by atoms with Crippen molar-refractivity contribution in [3.05, 3.63) is 59.7 Å². The zero-order chi connectivity index (χ0) is 14.9. The lowest BCUT2D eigenvalue weighted by Crippen LogP contribution is -2.22. The van der Waals surface area contributed by atoms with Gasteiger partial charge in [-0.05, 0) is 25.2 Å². The number of aliphatic hydroxyl groups is 1. The molecule has 2 nitrogen and oxygen atoms in total. The Morgan fingerprint density at radius 1 is 0.955 bits per heavy atom. The van der Waals surface area contributed by atoms with E-state index < -0.39 is 5.60 Å². The molecule has 22 heavy (non-hydrogen) atoms. The molecule has 3 rings (SSSR count). The van der Waals surface area contributed by atoms with Crippen molar-refractivity contribution in [1.82, 2.24) is 4.90 Å². The van der Waals surface area contributed by atoms with Gasteiger partial charge in [0.25, 0.3) is 0 Å². The first-order valence-corrected chi connectivity index (χ1v) is 7.19. The summed E-state index contributed by atoms with van der Waals surface area (Å²) in [4.78, 5) is 2.09. The number of rotatable bonds is 2. The molecule has 0 bridgehead atoms. The van der Waals surface area contributed by atoms with Gasteiger partial charge in [0.15, 0.2) is 5.60 Å². The molecule has 0 radical (unpaired) electrons. The van der Waals surface area contributed by atoms with Crippen LogP contribution in [0.15, 0.2) is 48.5 Å². The fourth-order valence-electron chi connectivity index (χ4n) is 2.82. The Balaban J connectivity index is 0.00000176. The lowest BCUT2D eigenvalue weighted by molar-refractivity contribution is 0.150. The second kappa shape index (κ2) is 6.54. The second-order valence-corrected chi connectivity index (χ2v) is 5.66. The molecule has 2 aromatic rings. The predicted molar refractivity (Wildman–Crippen MR) is 93.1 cm³/mol. The fourth-order valence-corrected chi connectivity index (χ4v) is 2.82. The normalized spacial score (nSPS) is 13.6. The first-order valence-electron chi connectivity index (χ1n) is 7.19. The molecule has 0 spiro atoms. The molecule has 1 aliphatic carbocycles. The van der Waals surface area contributed by atoms with Crippen molar-refractivity contribution in [2.45, 2.75) is 12.0 Å². The van der Waals surface area contributed by atoms with Crippen LogP contribution in [0.1, 0.15) is 17.5 Å². The molecule has 0 heterocycles. The van der Waals surface area contributed by atoms with E-state index in [0.717, 1.165) is 35.2 Å². The lowest BCUT2D eigenvalue weighted by atomic mass is 9.92. The largest absolute Gasteiger partial charge is 0.369 e. The summed E-state index contributed by atoms with van der Waals surface area (Å²) in [6.07, 6.45) is 0.750. The average Bonchev–Trinajstić information content (AvgIpc) is 2.75. The summed E-state index contributed by atoms with van der Waals surface area (Å²) in [6, 6.07) is 15.9. The molecule has 0 amide bonds. The van der Waals surface area contributed by atoms with Crippen LogP contribution in [0.3, 0.4) is 0 Å². The molecule has 0 saturated heterocycles. The highest BCUT2D eigenvalue weighted by molar-refractivity contribution is 5.85. The number of fused-ring (bicyclic) bond motifs is 3. The summed E-state index contributed by atoms with van der Waals surface area (Å²) < 4.78 is 0. The van der Waals surface area contributed by atoms with Crippen LogP contribution in [0.2, 0.25) is 0 Å². The SMILES string of the molecule is CN(C)CCC#CC1(O)c2ccccc2-c2ccccc21.Cl. The predicted octanol–water partition coefficient (Wildman–Crippen LogP) is 3.28. The third kappa shape index (κ3) is 2.76. The first kappa shape index (κ1) is 16.6. The quantitative estimate of drug-likeness (QED) is 0.860. The summed E-state index contributed by atoms with van der Waals surface area (Å²) in [5.41, 5.74) is 2.77. The maximum Gasteiger partial charge on any atom is 0.178 e. The highest BCUT2D eigenvalue weighted by Gasteiger charge is 2.39. The molecular formula is C19H20ClNO. The Kier molecular flexibility index (Phi) is 4.93. The van der Waals surface area contributed by atoms with Gasteiger partial charge in [-0.2, -0.15) is 0 Å². The van der Waals surface area contributed by atoms with E-state index in [9.17, 15) is 5.11 Å². The molecule has 3 heteroatoms.